The van der Waals surface area contributed by atoms with E-state index in [0.29, 0.717) is 0 Å². The van der Waals surface area contributed by atoms with Gasteiger partial charge in [0.2, 0.25) is 0 Å². The Kier molecular flexibility index (Phi) is 11.0. The summed E-state index contributed by atoms with van der Waals surface area (Å²) >= 11 is 0. The van der Waals surface area contributed by atoms with Crippen molar-refractivity contribution in [3.8, 4) is 0 Å². The first-order chi connectivity index (χ1) is 11.0. The Morgan fingerprint density at radius 3 is 0.773 bits per heavy atom. The Bertz CT molecular complexity index is 387. The molecule has 22 heavy (non-hydrogen) atoms. The minimum absolute atomic E-state index is 1.54. The summed E-state index contributed by atoms with van der Waals surface area (Å²) < 4.78 is 0. The van der Waals surface area contributed by atoms with Gasteiger partial charge < -0.3 is 0 Å². The minimum atomic E-state index is 1.54. The predicted octanol–water partition coefficient (Wildman–Crippen LogP) is 3.76. The van der Waals surface area contributed by atoms with E-state index in [1.807, 2.05) is 84.9 Å². The zero-order valence-corrected chi connectivity index (χ0v) is 12.2. The van der Waals surface area contributed by atoms with Crippen LogP contribution in [0.25, 0.3) is 0 Å². The van der Waals surface area contributed by atoms with E-state index in [-0.39, 0.29) is 0 Å². The molecule has 0 fully saturated rings. The summed E-state index contributed by atoms with van der Waals surface area (Å²) in [5, 5.41) is 14.4. The maximum atomic E-state index is 3.70. The van der Waals surface area contributed by atoms with Crippen LogP contribution in [0.4, 0.5) is 0 Å². The summed E-state index contributed by atoms with van der Waals surface area (Å²) in [7, 11) is 0. The van der Waals surface area contributed by atoms with E-state index < -0.39 is 0 Å². The summed E-state index contributed by atoms with van der Waals surface area (Å²) in [5.41, 5.74) is 0. The van der Waals surface area contributed by atoms with Crippen molar-refractivity contribution in [1.29, 1.82) is 0 Å². The molecule has 4 nitrogen and oxygen atoms in total. The zero-order chi connectivity index (χ0) is 15.6. The van der Waals surface area contributed by atoms with Gasteiger partial charge in [0.05, 0.1) is 12.4 Å². The molecule has 0 atom stereocenters. The largest absolute Gasteiger partial charge is 0.137 e. The molecular formula is C18H18N4. The average Bonchev–Trinajstić information content (AvgIpc) is 2.53. The van der Waals surface area contributed by atoms with E-state index in [2.05, 4.69) is 20.6 Å². The molecule has 1 rings (SSSR count). The lowest BCUT2D eigenvalue weighted by atomic mass is 10.4. The van der Waals surface area contributed by atoms with Crippen LogP contribution in [0.1, 0.15) is 0 Å². The third-order valence-electron chi connectivity index (χ3n) is 2.12. The van der Waals surface area contributed by atoms with Crippen molar-refractivity contribution in [3.05, 3.63) is 109 Å². The van der Waals surface area contributed by atoms with Crippen molar-refractivity contribution < 1.29 is 0 Å². The van der Waals surface area contributed by atoms with E-state index in [1.165, 1.54) is 12.4 Å². The minimum Gasteiger partial charge on any atom is -0.137 e. The highest BCUT2D eigenvalue weighted by Gasteiger charge is 1.60. The molecule has 1 aromatic rings. The first-order valence-corrected chi connectivity index (χ1v) is 6.78. The van der Waals surface area contributed by atoms with Crippen molar-refractivity contribution in [3.63, 3.8) is 0 Å². The predicted molar refractivity (Wildman–Crippen MR) is 88.1 cm³/mol. The van der Waals surface area contributed by atoms with Gasteiger partial charge in [0, 0.05) is 0 Å². The lowest BCUT2D eigenvalue weighted by molar-refractivity contribution is 0.790. The second kappa shape index (κ2) is 14.3. The maximum absolute atomic E-state index is 3.70. The molecule has 0 radical (unpaired) electrons. The van der Waals surface area contributed by atoms with Crippen LogP contribution in [0.15, 0.2) is 109 Å². The van der Waals surface area contributed by atoms with Gasteiger partial charge in [0.1, 0.15) is 0 Å². The van der Waals surface area contributed by atoms with Crippen LogP contribution < -0.4 is 0 Å². The topological polar surface area (TPSA) is 51.6 Å². The van der Waals surface area contributed by atoms with Gasteiger partial charge in [0.15, 0.2) is 0 Å². The van der Waals surface area contributed by atoms with Crippen LogP contribution in [0.3, 0.4) is 0 Å². The van der Waals surface area contributed by atoms with Gasteiger partial charge >= 0.3 is 0 Å². The molecule has 0 saturated heterocycles. The highest BCUT2D eigenvalue weighted by Crippen LogP contribution is 1.79. The lowest BCUT2D eigenvalue weighted by Gasteiger charge is -1.69. The van der Waals surface area contributed by atoms with Gasteiger partial charge in [-0.2, -0.15) is 0 Å². The van der Waals surface area contributed by atoms with E-state index in [0.717, 1.165) is 0 Å². The number of hydrogen-bond acceptors (Lipinski definition) is 4. The Labute approximate surface area is 130 Å². The standard InChI is InChI=1S/C18H18N4/c1-2-4-6-8-10-12-14-16-18-20-22-21-19-17-15-13-11-9-7-5-3-1/h1-18H. The first-order valence-electron chi connectivity index (χ1n) is 6.78. The van der Waals surface area contributed by atoms with Crippen molar-refractivity contribution in [2.45, 2.75) is 0 Å². The van der Waals surface area contributed by atoms with Gasteiger partial charge in [0.25, 0.3) is 0 Å². The normalized spacial score (nSPS) is 8.00. The first kappa shape index (κ1) is 16.9. The lowest BCUT2D eigenvalue weighted by Crippen LogP contribution is -1.79. The molecule has 1 aromatic heterocycles. The van der Waals surface area contributed by atoms with Gasteiger partial charge in [-0.25, -0.2) is 0 Å². The van der Waals surface area contributed by atoms with Crippen LogP contribution in [-0.4, -0.2) is 20.6 Å². The van der Waals surface area contributed by atoms with Crippen molar-refractivity contribution in [2.24, 2.45) is 0 Å². The summed E-state index contributed by atoms with van der Waals surface area (Å²) in [6, 6.07) is 30.5. The summed E-state index contributed by atoms with van der Waals surface area (Å²) in [5.74, 6) is 0. The fourth-order valence-electron chi connectivity index (χ4n) is 1.18. The highest BCUT2D eigenvalue weighted by molar-refractivity contribution is 4.98. The van der Waals surface area contributed by atoms with Crippen molar-refractivity contribution >= 4 is 0 Å². The molecule has 0 aliphatic heterocycles. The summed E-state index contributed by atoms with van der Waals surface area (Å²) in [6.07, 6.45) is 3.07. The molecule has 0 amide bonds. The quantitative estimate of drug-likeness (QED) is 0.730. The number of nitrogens with zero attached hydrogens (tertiary/aromatic N) is 4. The SMILES string of the molecule is c1cccccccccnnnncccccccc1. The molecule has 0 bridgehead atoms. The molecule has 4 heteroatoms. The number of aromatic nitrogens is 4. The van der Waals surface area contributed by atoms with E-state index in [1.54, 1.807) is 12.1 Å². The second-order valence-electron chi connectivity index (χ2n) is 3.79. The monoisotopic (exact) mass is 290 g/mol. The van der Waals surface area contributed by atoms with Crippen LogP contribution in [0.2, 0.25) is 0 Å². The van der Waals surface area contributed by atoms with Gasteiger partial charge in [-0.3, -0.25) is 0 Å². The molecule has 110 valence electrons. The Morgan fingerprint density at radius 2 is 0.500 bits per heavy atom. The number of rotatable bonds is 0. The maximum Gasteiger partial charge on any atom is 0.0514 e. The fraction of sp³-hybridized carbons (Fsp3) is 0. The van der Waals surface area contributed by atoms with Gasteiger partial charge in [-0.05, 0) is 22.6 Å². The Morgan fingerprint density at radius 1 is 0.273 bits per heavy atom. The van der Waals surface area contributed by atoms with Crippen molar-refractivity contribution in [2.75, 3.05) is 0 Å². The molecule has 0 N–H and O–H groups in total. The second-order valence-corrected chi connectivity index (χ2v) is 3.79. The van der Waals surface area contributed by atoms with Crippen LogP contribution in [-0.2, 0) is 0 Å². The van der Waals surface area contributed by atoms with Crippen LogP contribution >= 0.6 is 0 Å². The molecule has 0 aliphatic carbocycles. The van der Waals surface area contributed by atoms with Crippen molar-refractivity contribution in [1.82, 2.24) is 20.6 Å². The fourth-order valence-corrected chi connectivity index (χ4v) is 1.18. The summed E-state index contributed by atoms with van der Waals surface area (Å²) in [4.78, 5) is 0. The van der Waals surface area contributed by atoms with Crippen LogP contribution in [0.5, 0.6) is 0 Å². The molecule has 0 unspecified atom stereocenters. The smallest absolute Gasteiger partial charge is 0.0514 e. The molecule has 0 spiro atoms. The van der Waals surface area contributed by atoms with E-state index in [9.17, 15) is 0 Å². The zero-order valence-electron chi connectivity index (χ0n) is 12.2. The molecule has 0 aliphatic rings. The van der Waals surface area contributed by atoms with Crippen LogP contribution in [0, 0.1) is 0 Å². The highest BCUT2D eigenvalue weighted by atomic mass is 15.4. The van der Waals surface area contributed by atoms with Gasteiger partial charge in [-0.1, -0.05) is 84.9 Å². The average molecular weight is 290 g/mol. The molecule has 1 heterocycles. The molecular weight excluding hydrogens is 272 g/mol. The Hall–Kier alpha value is -3.14. The molecule has 0 saturated carbocycles. The summed E-state index contributed by atoms with van der Waals surface area (Å²) in [6.45, 7) is 0. The Balaban J connectivity index is 3.00. The third kappa shape index (κ3) is 11.9. The third-order valence-corrected chi connectivity index (χ3v) is 2.12. The number of hydrogen-bond donors (Lipinski definition) is 0. The van der Waals surface area contributed by atoms with Gasteiger partial charge in [-0.15, -0.1) is 10.2 Å². The van der Waals surface area contributed by atoms with E-state index >= 15 is 0 Å². The molecule has 0 aromatic carbocycles. The van der Waals surface area contributed by atoms with E-state index in [4.69, 9.17) is 0 Å².